The zero-order valence-corrected chi connectivity index (χ0v) is 17.7. The molecule has 3 aromatic carbocycles. The maximum atomic E-state index is 12.4. The van der Waals surface area contributed by atoms with Crippen molar-refractivity contribution in [3.05, 3.63) is 107 Å². The van der Waals surface area contributed by atoms with Crippen LogP contribution in [0.1, 0.15) is 55.3 Å². The van der Waals surface area contributed by atoms with Crippen molar-refractivity contribution in [3.63, 3.8) is 0 Å². The highest BCUT2D eigenvalue weighted by atomic mass is 16.6. The van der Waals surface area contributed by atoms with Gasteiger partial charge in [0.2, 0.25) is 11.6 Å². The maximum Gasteiger partial charge on any atom is 0.338 e. The van der Waals surface area contributed by atoms with Crippen LogP contribution in [0.5, 0.6) is 0 Å². The SMILES string of the molecule is CC(OC(=O)c1ccc(C(=O)OC(C)C(=O)c2ccccc2)cc1)C(=O)c1ccccc1. The van der Waals surface area contributed by atoms with Gasteiger partial charge >= 0.3 is 11.9 Å². The van der Waals surface area contributed by atoms with Crippen LogP contribution in [0.15, 0.2) is 84.9 Å². The van der Waals surface area contributed by atoms with Crippen molar-refractivity contribution in [2.75, 3.05) is 0 Å². The highest BCUT2D eigenvalue weighted by Crippen LogP contribution is 2.13. The molecule has 3 aromatic rings. The van der Waals surface area contributed by atoms with Gasteiger partial charge in [-0.2, -0.15) is 0 Å². The first-order valence-electron chi connectivity index (χ1n) is 10.1. The van der Waals surface area contributed by atoms with Crippen molar-refractivity contribution >= 4 is 23.5 Å². The number of carbonyl (C=O) groups is 4. The quantitative estimate of drug-likeness (QED) is 0.385. The molecule has 3 rings (SSSR count). The van der Waals surface area contributed by atoms with E-state index in [1.54, 1.807) is 60.7 Å². The van der Waals surface area contributed by atoms with Gasteiger partial charge in [-0.1, -0.05) is 60.7 Å². The van der Waals surface area contributed by atoms with Crippen LogP contribution in [-0.2, 0) is 9.47 Å². The fourth-order valence-corrected chi connectivity index (χ4v) is 2.98. The Hall–Kier alpha value is -4.06. The monoisotopic (exact) mass is 430 g/mol. The summed E-state index contributed by atoms with van der Waals surface area (Å²) in [6.45, 7) is 3.01. The Labute approximate surface area is 185 Å². The molecule has 162 valence electrons. The molecular weight excluding hydrogens is 408 g/mol. The van der Waals surface area contributed by atoms with E-state index in [0.717, 1.165) is 0 Å². The summed E-state index contributed by atoms with van der Waals surface area (Å²) < 4.78 is 10.5. The second-order valence-electron chi connectivity index (χ2n) is 7.13. The molecule has 0 spiro atoms. The molecule has 2 unspecified atom stereocenters. The van der Waals surface area contributed by atoms with Crippen LogP contribution in [-0.4, -0.2) is 35.7 Å². The highest BCUT2D eigenvalue weighted by Gasteiger charge is 2.22. The summed E-state index contributed by atoms with van der Waals surface area (Å²) in [4.78, 5) is 49.4. The molecule has 0 aliphatic carbocycles. The van der Waals surface area contributed by atoms with Gasteiger partial charge in [0.05, 0.1) is 11.1 Å². The molecule has 6 heteroatoms. The van der Waals surface area contributed by atoms with Crippen LogP contribution in [0.2, 0.25) is 0 Å². The second kappa shape index (κ2) is 10.3. The predicted octanol–water partition coefficient (Wildman–Crippen LogP) is 4.54. The Morgan fingerprint density at radius 3 is 1.12 bits per heavy atom. The third kappa shape index (κ3) is 5.55. The number of hydrogen-bond donors (Lipinski definition) is 0. The molecule has 0 N–H and O–H groups in total. The van der Waals surface area contributed by atoms with E-state index in [9.17, 15) is 19.2 Å². The molecule has 0 fully saturated rings. The smallest absolute Gasteiger partial charge is 0.338 e. The minimum atomic E-state index is -0.959. The first-order chi connectivity index (χ1) is 15.4. The fourth-order valence-electron chi connectivity index (χ4n) is 2.98. The van der Waals surface area contributed by atoms with Gasteiger partial charge in [-0.25, -0.2) is 9.59 Å². The largest absolute Gasteiger partial charge is 0.451 e. The molecule has 32 heavy (non-hydrogen) atoms. The first kappa shape index (κ1) is 22.6. The number of Topliss-reactive ketones (excluding diaryl/α,β-unsaturated/α-hetero) is 2. The van der Waals surface area contributed by atoms with Gasteiger partial charge in [-0.05, 0) is 38.1 Å². The third-order valence-corrected chi connectivity index (χ3v) is 4.78. The normalized spacial score (nSPS) is 12.3. The Kier molecular flexibility index (Phi) is 7.29. The van der Waals surface area contributed by atoms with Crippen LogP contribution >= 0.6 is 0 Å². The Balaban J connectivity index is 1.59. The second-order valence-corrected chi connectivity index (χ2v) is 7.13. The van der Waals surface area contributed by atoms with Gasteiger partial charge in [0, 0.05) is 11.1 Å². The zero-order valence-electron chi connectivity index (χ0n) is 17.7. The molecule has 0 bridgehead atoms. The summed E-state index contributed by atoms with van der Waals surface area (Å²) >= 11 is 0. The van der Waals surface area contributed by atoms with Crippen molar-refractivity contribution < 1.29 is 28.7 Å². The number of esters is 2. The van der Waals surface area contributed by atoms with Gasteiger partial charge in [0.15, 0.2) is 12.2 Å². The van der Waals surface area contributed by atoms with Gasteiger partial charge in [0.1, 0.15) is 0 Å². The number of hydrogen-bond acceptors (Lipinski definition) is 6. The number of benzene rings is 3. The standard InChI is InChI=1S/C26H22O6/c1-17(23(27)19-9-5-3-6-10-19)31-25(29)21-13-15-22(16-14-21)26(30)32-18(2)24(28)20-11-7-4-8-12-20/h3-18H,1-2H3. The molecule has 0 amide bonds. The van der Waals surface area contributed by atoms with Crippen molar-refractivity contribution in [2.45, 2.75) is 26.1 Å². The molecular formula is C26H22O6. The molecule has 0 radical (unpaired) electrons. The van der Waals surface area contributed by atoms with E-state index in [4.69, 9.17) is 9.47 Å². The number of carbonyl (C=O) groups excluding carboxylic acids is 4. The van der Waals surface area contributed by atoms with Crippen molar-refractivity contribution in [2.24, 2.45) is 0 Å². The van der Waals surface area contributed by atoms with Crippen LogP contribution in [0, 0.1) is 0 Å². The summed E-state index contributed by atoms with van der Waals surface area (Å²) in [5.74, 6) is -1.99. The molecule has 0 heterocycles. The summed E-state index contributed by atoms with van der Waals surface area (Å²) in [6, 6.07) is 22.7. The van der Waals surface area contributed by atoms with Crippen LogP contribution in [0.3, 0.4) is 0 Å². The molecule has 0 saturated carbocycles. The van der Waals surface area contributed by atoms with E-state index >= 15 is 0 Å². The number of ketones is 2. The average Bonchev–Trinajstić information content (AvgIpc) is 2.84. The van der Waals surface area contributed by atoms with Crippen molar-refractivity contribution in [3.8, 4) is 0 Å². The van der Waals surface area contributed by atoms with Gasteiger partial charge < -0.3 is 9.47 Å². The molecule has 2 atom stereocenters. The minimum absolute atomic E-state index is 0.183. The summed E-state index contributed by atoms with van der Waals surface area (Å²) in [5.41, 5.74) is 1.26. The maximum absolute atomic E-state index is 12.4. The van der Waals surface area contributed by atoms with E-state index in [-0.39, 0.29) is 22.7 Å². The topological polar surface area (TPSA) is 86.7 Å². The molecule has 0 saturated heterocycles. The highest BCUT2D eigenvalue weighted by molar-refractivity contribution is 6.02. The lowest BCUT2D eigenvalue weighted by atomic mass is 10.1. The zero-order chi connectivity index (χ0) is 23.1. The molecule has 0 aromatic heterocycles. The third-order valence-electron chi connectivity index (χ3n) is 4.78. The molecule has 0 aliphatic heterocycles. The van der Waals surface area contributed by atoms with E-state index < -0.39 is 24.1 Å². The lowest BCUT2D eigenvalue weighted by Crippen LogP contribution is -2.25. The van der Waals surface area contributed by atoms with Gasteiger partial charge in [-0.15, -0.1) is 0 Å². The summed E-state index contributed by atoms with van der Waals surface area (Å²) in [6.07, 6.45) is -1.92. The van der Waals surface area contributed by atoms with Crippen LogP contribution in [0.25, 0.3) is 0 Å². The summed E-state index contributed by atoms with van der Waals surface area (Å²) in [5, 5.41) is 0. The number of ether oxygens (including phenoxy) is 2. The van der Waals surface area contributed by atoms with E-state index in [1.165, 1.54) is 38.1 Å². The fraction of sp³-hybridized carbons (Fsp3) is 0.154. The lowest BCUT2D eigenvalue weighted by molar-refractivity contribution is 0.0311. The predicted molar refractivity (Wildman–Crippen MR) is 118 cm³/mol. The van der Waals surface area contributed by atoms with E-state index in [0.29, 0.717) is 11.1 Å². The van der Waals surface area contributed by atoms with Crippen molar-refractivity contribution in [1.82, 2.24) is 0 Å². The lowest BCUT2D eigenvalue weighted by Gasteiger charge is -2.13. The molecule has 0 aliphatic rings. The van der Waals surface area contributed by atoms with Crippen molar-refractivity contribution in [1.29, 1.82) is 0 Å². The van der Waals surface area contributed by atoms with E-state index in [2.05, 4.69) is 0 Å². The number of rotatable bonds is 8. The van der Waals surface area contributed by atoms with E-state index in [1.807, 2.05) is 0 Å². The Morgan fingerprint density at radius 1 is 0.500 bits per heavy atom. The van der Waals surface area contributed by atoms with Gasteiger partial charge in [-0.3, -0.25) is 9.59 Å². The Morgan fingerprint density at radius 2 is 0.812 bits per heavy atom. The minimum Gasteiger partial charge on any atom is -0.451 e. The summed E-state index contributed by atoms with van der Waals surface area (Å²) in [7, 11) is 0. The first-order valence-corrected chi connectivity index (χ1v) is 10.1. The van der Waals surface area contributed by atoms with Crippen LogP contribution in [0.4, 0.5) is 0 Å². The Bertz CT molecular complexity index is 1010. The molecule has 6 nitrogen and oxygen atoms in total. The van der Waals surface area contributed by atoms with Crippen LogP contribution < -0.4 is 0 Å². The van der Waals surface area contributed by atoms with Gasteiger partial charge in [0.25, 0.3) is 0 Å². The average molecular weight is 430 g/mol.